The molecule has 31 heavy (non-hydrogen) atoms. The van der Waals surface area contributed by atoms with E-state index in [1.165, 1.54) is 24.3 Å². The maximum absolute atomic E-state index is 12.5. The molecule has 0 aromatic heterocycles. The first-order chi connectivity index (χ1) is 14.8. The maximum Gasteiger partial charge on any atom is 0.269 e. The van der Waals surface area contributed by atoms with Crippen LogP contribution >= 0.6 is 11.6 Å². The lowest BCUT2D eigenvalue weighted by atomic mass is 10.2. The van der Waals surface area contributed by atoms with Gasteiger partial charge in [0.05, 0.1) is 15.6 Å². The number of amides is 2. The first-order valence-corrected chi connectivity index (χ1v) is 10.9. The summed E-state index contributed by atoms with van der Waals surface area (Å²) < 4.78 is 27.4. The van der Waals surface area contributed by atoms with Gasteiger partial charge in [0, 0.05) is 11.6 Å². The summed E-state index contributed by atoms with van der Waals surface area (Å²) in [6, 6.07) is 20.9. The van der Waals surface area contributed by atoms with Crippen LogP contribution in [-0.4, -0.2) is 20.2 Å². The number of nitrogens with one attached hydrogen (secondary N) is 3. The summed E-state index contributed by atoms with van der Waals surface area (Å²) in [6.45, 7) is 0. The fourth-order valence-electron chi connectivity index (χ4n) is 2.50. The highest BCUT2D eigenvalue weighted by atomic mass is 35.5. The van der Waals surface area contributed by atoms with Crippen molar-refractivity contribution in [2.24, 2.45) is 0 Å². The molecule has 0 aliphatic heterocycles. The van der Waals surface area contributed by atoms with E-state index < -0.39 is 21.8 Å². The van der Waals surface area contributed by atoms with Crippen LogP contribution in [0.25, 0.3) is 6.08 Å². The van der Waals surface area contributed by atoms with Crippen LogP contribution in [0.15, 0.2) is 89.8 Å². The number of carbonyl (C=O) groups is 2. The van der Waals surface area contributed by atoms with Crippen LogP contribution < -0.4 is 15.6 Å². The molecule has 0 saturated carbocycles. The number of hydrogen-bond acceptors (Lipinski definition) is 4. The molecule has 0 aliphatic carbocycles. The number of benzene rings is 3. The van der Waals surface area contributed by atoms with Gasteiger partial charge in [-0.2, -0.15) is 0 Å². The minimum atomic E-state index is -3.81. The second-order valence-corrected chi connectivity index (χ2v) is 8.39. The van der Waals surface area contributed by atoms with Crippen molar-refractivity contribution < 1.29 is 18.0 Å². The lowest BCUT2D eigenvalue weighted by Gasteiger charge is -2.09. The van der Waals surface area contributed by atoms with Crippen molar-refractivity contribution in [1.29, 1.82) is 0 Å². The van der Waals surface area contributed by atoms with Crippen LogP contribution in [0.4, 0.5) is 5.69 Å². The second kappa shape index (κ2) is 9.92. The van der Waals surface area contributed by atoms with Gasteiger partial charge in [0.15, 0.2) is 0 Å². The van der Waals surface area contributed by atoms with Crippen molar-refractivity contribution in [3.05, 3.63) is 101 Å². The third-order valence-electron chi connectivity index (χ3n) is 4.07. The molecule has 0 spiro atoms. The average Bonchev–Trinajstić information content (AvgIpc) is 2.78. The van der Waals surface area contributed by atoms with Gasteiger partial charge in [-0.1, -0.05) is 54.1 Å². The topological polar surface area (TPSA) is 104 Å². The molecule has 3 rings (SSSR count). The van der Waals surface area contributed by atoms with Gasteiger partial charge in [0.1, 0.15) is 0 Å². The van der Waals surface area contributed by atoms with Gasteiger partial charge in [0.25, 0.3) is 21.8 Å². The molecule has 0 bridgehead atoms. The normalized spacial score (nSPS) is 11.1. The molecule has 0 unspecified atom stereocenters. The molecule has 3 aromatic carbocycles. The zero-order valence-electron chi connectivity index (χ0n) is 16.1. The van der Waals surface area contributed by atoms with Gasteiger partial charge >= 0.3 is 0 Å². The van der Waals surface area contributed by atoms with Crippen LogP contribution in [0.3, 0.4) is 0 Å². The number of hydrogen-bond donors (Lipinski definition) is 3. The standard InChI is InChI=1S/C22H18ClN3O4S/c23-19-8-4-5-9-20(19)26-31(29,30)18-13-10-16(11-14-18)12-15-21(27)24-25-22(28)17-6-2-1-3-7-17/h1-15,26H,(H,24,27)(H,25,28)/b15-12+. The molecule has 2 amide bonds. The fraction of sp³-hybridized carbons (Fsp3) is 0. The number of halogens is 1. The first kappa shape index (κ1) is 22.1. The summed E-state index contributed by atoms with van der Waals surface area (Å²) in [5.41, 5.74) is 5.87. The third-order valence-corrected chi connectivity index (χ3v) is 5.78. The molecule has 7 nitrogen and oxygen atoms in total. The Morgan fingerprint density at radius 3 is 2.13 bits per heavy atom. The Hall–Kier alpha value is -3.62. The molecule has 0 radical (unpaired) electrons. The highest BCUT2D eigenvalue weighted by molar-refractivity contribution is 7.92. The molecule has 158 valence electrons. The molecule has 0 fully saturated rings. The molecular weight excluding hydrogens is 438 g/mol. The fourth-order valence-corrected chi connectivity index (χ4v) is 3.82. The first-order valence-electron chi connectivity index (χ1n) is 9.06. The van der Waals surface area contributed by atoms with Crippen LogP contribution in [0.1, 0.15) is 15.9 Å². The minimum absolute atomic E-state index is 0.0455. The SMILES string of the molecule is O=C(/C=C/c1ccc(S(=O)(=O)Nc2ccccc2Cl)cc1)NNC(=O)c1ccccc1. The van der Waals surface area contributed by atoms with E-state index in [2.05, 4.69) is 15.6 Å². The van der Waals surface area contributed by atoms with Crippen LogP contribution in [-0.2, 0) is 14.8 Å². The van der Waals surface area contributed by atoms with Gasteiger partial charge < -0.3 is 0 Å². The monoisotopic (exact) mass is 455 g/mol. The summed E-state index contributed by atoms with van der Waals surface area (Å²) >= 11 is 5.99. The molecule has 0 aliphatic rings. The largest absolute Gasteiger partial charge is 0.278 e. The van der Waals surface area contributed by atoms with Crippen molar-refractivity contribution >= 4 is 45.2 Å². The van der Waals surface area contributed by atoms with Gasteiger partial charge in [-0.25, -0.2) is 8.42 Å². The van der Waals surface area contributed by atoms with Crippen molar-refractivity contribution in [2.75, 3.05) is 4.72 Å². The molecule has 9 heteroatoms. The molecular formula is C22H18ClN3O4S. The van der Waals surface area contributed by atoms with Crippen molar-refractivity contribution in [3.8, 4) is 0 Å². The highest BCUT2D eigenvalue weighted by Crippen LogP contribution is 2.24. The number of carbonyl (C=O) groups excluding carboxylic acids is 2. The van der Waals surface area contributed by atoms with E-state index in [1.807, 2.05) is 0 Å². The molecule has 0 atom stereocenters. The predicted octanol–water partition coefficient (Wildman–Crippen LogP) is 3.62. The number of rotatable bonds is 6. The van der Waals surface area contributed by atoms with Crippen LogP contribution in [0, 0.1) is 0 Å². The van der Waals surface area contributed by atoms with Crippen molar-refractivity contribution in [2.45, 2.75) is 4.90 Å². The smallest absolute Gasteiger partial charge is 0.269 e. The van der Waals surface area contributed by atoms with Gasteiger partial charge in [-0.15, -0.1) is 0 Å². The van der Waals surface area contributed by atoms with E-state index in [-0.39, 0.29) is 15.6 Å². The van der Waals surface area contributed by atoms with E-state index in [4.69, 9.17) is 11.6 Å². The minimum Gasteiger partial charge on any atom is -0.278 e. The lowest BCUT2D eigenvalue weighted by molar-refractivity contribution is -0.117. The number of anilines is 1. The van der Waals surface area contributed by atoms with Crippen LogP contribution in [0.5, 0.6) is 0 Å². The zero-order chi connectivity index (χ0) is 22.3. The third kappa shape index (κ3) is 6.18. The molecule has 0 heterocycles. The van der Waals surface area contributed by atoms with E-state index in [1.54, 1.807) is 66.7 Å². The summed E-state index contributed by atoms with van der Waals surface area (Å²) in [7, 11) is -3.81. The van der Waals surface area contributed by atoms with Gasteiger partial charge in [0.2, 0.25) is 0 Å². The molecule has 3 aromatic rings. The van der Waals surface area contributed by atoms with Crippen LogP contribution in [0.2, 0.25) is 5.02 Å². The highest BCUT2D eigenvalue weighted by Gasteiger charge is 2.15. The van der Waals surface area contributed by atoms with Crippen molar-refractivity contribution in [1.82, 2.24) is 10.9 Å². The number of sulfonamides is 1. The Kier molecular flexibility index (Phi) is 7.07. The van der Waals surface area contributed by atoms with Gasteiger partial charge in [-0.3, -0.25) is 25.2 Å². The predicted molar refractivity (Wildman–Crippen MR) is 120 cm³/mol. The molecule has 0 saturated heterocycles. The molecule has 3 N–H and O–H groups in total. The van der Waals surface area contributed by atoms with Gasteiger partial charge in [-0.05, 0) is 48.0 Å². The number of hydrazine groups is 1. The Balaban J connectivity index is 1.58. The Bertz CT molecular complexity index is 1210. The summed E-state index contributed by atoms with van der Waals surface area (Å²) in [5.74, 6) is -0.982. The summed E-state index contributed by atoms with van der Waals surface area (Å²) in [5, 5.41) is 0.288. The van der Waals surface area contributed by atoms with E-state index in [9.17, 15) is 18.0 Å². The lowest BCUT2D eigenvalue weighted by Crippen LogP contribution is -2.40. The Labute approximate surface area is 184 Å². The van der Waals surface area contributed by atoms with Crippen molar-refractivity contribution in [3.63, 3.8) is 0 Å². The average molecular weight is 456 g/mol. The maximum atomic E-state index is 12.5. The quantitative estimate of drug-likeness (QED) is 0.390. The Morgan fingerprint density at radius 2 is 1.45 bits per heavy atom. The zero-order valence-corrected chi connectivity index (χ0v) is 17.7. The van der Waals surface area contributed by atoms with E-state index in [0.717, 1.165) is 0 Å². The summed E-state index contributed by atoms with van der Waals surface area (Å²) in [6.07, 6.45) is 2.71. The second-order valence-electron chi connectivity index (χ2n) is 6.30. The van der Waals surface area contributed by atoms with E-state index in [0.29, 0.717) is 11.1 Å². The summed E-state index contributed by atoms with van der Waals surface area (Å²) in [4.78, 5) is 23.8. The van der Waals surface area contributed by atoms with E-state index >= 15 is 0 Å². The Morgan fingerprint density at radius 1 is 0.806 bits per heavy atom. The number of para-hydroxylation sites is 1.